The maximum Gasteiger partial charge on any atom is 0.328 e. The molecule has 0 unspecified atom stereocenters. The van der Waals surface area contributed by atoms with Crippen molar-refractivity contribution in [1.29, 1.82) is 0 Å². The molecule has 1 aromatic carbocycles. The fourth-order valence-corrected chi connectivity index (χ4v) is 4.09. The second-order valence-corrected chi connectivity index (χ2v) is 7.70. The number of pyridine rings is 1. The number of H-pyrrole nitrogens is 1. The summed E-state index contributed by atoms with van der Waals surface area (Å²) in [7, 11) is 0. The Bertz CT molecular complexity index is 1520. The van der Waals surface area contributed by atoms with Crippen molar-refractivity contribution in [2.45, 2.75) is 18.9 Å². The summed E-state index contributed by atoms with van der Waals surface area (Å²) < 4.78 is 28.6. The monoisotopic (exact) mass is 447 g/mol. The normalized spacial score (nSPS) is 14.8. The van der Waals surface area contributed by atoms with Gasteiger partial charge in [-0.1, -0.05) is 0 Å². The molecule has 6 rings (SSSR count). The van der Waals surface area contributed by atoms with Crippen LogP contribution in [-0.2, 0) is 4.74 Å². The molecule has 0 amide bonds. The molecule has 1 fully saturated rings. The zero-order chi connectivity index (χ0) is 22.4. The van der Waals surface area contributed by atoms with E-state index in [1.165, 1.54) is 18.5 Å². The molecule has 1 aliphatic heterocycles. The van der Waals surface area contributed by atoms with Crippen LogP contribution in [0.5, 0.6) is 11.6 Å². The standard InChI is InChI=1S/C22H18FN7O3/c23-13-1-2-16-17(11-13)29(12-25-16)21-27-19-18(20(28-21)33-15-3-7-24-8-4-15)26-22(31)30(19)14-5-9-32-10-6-14/h1-4,7-8,11-12,14H,5-6,9-10H2,(H,26,31). The fourth-order valence-electron chi connectivity index (χ4n) is 4.09. The van der Waals surface area contributed by atoms with Gasteiger partial charge in [0, 0.05) is 37.7 Å². The van der Waals surface area contributed by atoms with Crippen LogP contribution in [0, 0.1) is 5.82 Å². The van der Waals surface area contributed by atoms with Crippen LogP contribution in [0.1, 0.15) is 18.9 Å². The lowest BCUT2D eigenvalue weighted by molar-refractivity contribution is 0.0697. The van der Waals surface area contributed by atoms with Gasteiger partial charge in [-0.15, -0.1) is 0 Å². The number of nitrogens with one attached hydrogen (secondary N) is 1. The molecule has 11 heteroatoms. The predicted molar refractivity (Wildman–Crippen MR) is 116 cm³/mol. The average molecular weight is 447 g/mol. The minimum atomic E-state index is -0.403. The van der Waals surface area contributed by atoms with Crippen LogP contribution < -0.4 is 10.4 Å². The van der Waals surface area contributed by atoms with Crippen LogP contribution in [0.25, 0.3) is 28.1 Å². The van der Waals surface area contributed by atoms with Gasteiger partial charge in [0.05, 0.1) is 11.0 Å². The summed E-state index contributed by atoms with van der Waals surface area (Å²) in [5.41, 5.74) is 1.57. The van der Waals surface area contributed by atoms with Crippen LogP contribution in [0.4, 0.5) is 4.39 Å². The third-order valence-corrected chi connectivity index (χ3v) is 5.67. The number of aromatic nitrogens is 7. The number of hydrogen-bond donors (Lipinski definition) is 1. The fraction of sp³-hybridized carbons (Fsp3) is 0.227. The summed E-state index contributed by atoms with van der Waals surface area (Å²) in [6.07, 6.45) is 6.08. The Morgan fingerprint density at radius 2 is 1.94 bits per heavy atom. The Balaban J connectivity index is 1.59. The largest absolute Gasteiger partial charge is 0.437 e. The van der Waals surface area contributed by atoms with Crippen LogP contribution in [-0.4, -0.2) is 47.3 Å². The van der Waals surface area contributed by atoms with Crippen molar-refractivity contribution >= 4 is 22.2 Å². The number of rotatable bonds is 4. The number of aromatic amines is 1. The Morgan fingerprint density at radius 1 is 1.12 bits per heavy atom. The van der Waals surface area contributed by atoms with Crippen molar-refractivity contribution in [3.8, 4) is 17.6 Å². The number of halogens is 1. The summed E-state index contributed by atoms with van der Waals surface area (Å²) in [5.74, 6) is 0.471. The van der Waals surface area contributed by atoms with Crippen molar-refractivity contribution in [1.82, 2.24) is 34.1 Å². The zero-order valence-electron chi connectivity index (χ0n) is 17.3. The number of imidazole rings is 2. The first-order chi connectivity index (χ1) is 16.2. The third kappa shape index (κ3) is 3.42. The molecule has 5 aromatic rings. The predicted octanol–water partition coefficient (Wildman–Crippen LogP) is 3.14. The molecule has 1 N–H and O–H groups in total. The van der Waals surface area contributed by atoms with Crippen molar-refractivity contribution < 1.29 is 13.9 Å². The van der Waals surface area contributed by atoms with E-state index in [1.54, 1.807) is 39.7 Å². The van der Waals surface area contributed by atoms with Crippen molar-refractivity contribution in [3.63, 3.8) is 0 Å². The van der Waals surface area contributed by atoms with Crippen LogP contribution in [0.2, 0.25) is 0 Å². The molecule has 33 heavy (non-hydrogen) atoms. The van der Waals surface area contributed by atoms with Gasteiger partial charge in [0.1, 0.15) is 23.4 Å². The number of benzene rings is 1. The molecule has 1 aliphatic rings. The summed E-state index contributed by atoms with van der Waals surface area (Å²) in [5, 5.41) is 0. The Labute approximate surface area is 185 Å². The van der Waals surface area contributed by atoms with Gasteiger partial charge in [0.15, 0.2) is 5.65 Å². The Hall–Kier alpha value is -4.12. The lowest BCUT2D eigenvalue weighted by atomic mass is 10.1. The van der Waals surface area contributed by atoms with E-state index < -0.39 is 5.82 Å². The summed E-state index contributed by atoms with van der Waals surface area (Å²) in [6.45, 7) is 1.13. The molecule has 0 aliphatic carbocycles. The van der Waals surface area contributed by atoms with Crippen molar-refractivity contribution in [3.05, 3.63) is 65.4 Å². The van der Waals surface area contributed by atoms with E-state index in [9.17, 15) is 9.18 Å². The Morgan fingerprint density at radius 3 is 2.76 bits per heavy atom. The molecule has 166 valence electrons. The summed E-state index contributed by atoms with van der Waals surface area (Å²) in [4.78, 5) is 33.4. The molecule has 0 spiro atoms. The van der Waals surface area contributed by atoms with Gasteiger partial charge in [0.2, 0.25) is 5.95 Å². The first-order valence-electron chi connectivity index (χ1n) is 10.5. The zero-order valence-corrected chi connectivity index (χ0v) is 17.3. The highest BCUT2D eigenvalue weighted by molar-refractivity contribution is 5.80. The van der Waals surface area contributed by atoms with E-state index in [-0.39, 0.29) is 23.6 Å². The molecule has 4 aromatic heterocycles. The first-order valence-corrected chi connectivity index (χ1v) is 10.5. The quantitative estimate of drug-likeness (QED) is 0.450. The lowest BCUT2D eigenvalue weighted by Gasteiger charge is -2.22. The highest BCUT2D eigenvalue weighted by atomic mass is 19.1. The molecule has 0 radical (unpaired) electrons. The van der Waals surface area contributed by atoms with Crippen LogP contribution in [0.15, 0.2) is 53.8 Å². The highest BCUT2D eigenvalue weighted by Gasteiger charge is 2.25. The maximum atomic E-state index is 14.0. The van der Waals surface area contributed by atoms with Crippen LogP contribution in [0.3, 0.4) is 0 Å². The van der Waals surface area contributed by atoms with Gasteiger partial charge in [0.25, 0.3) is 5.88 Å². The second-order valence-electron chi connectivity index (χ2n) is 7.70. The summed E-state index contributed by atoms with van der Waals surface area (Å²) >= 11 is 0. The summed E-state index contributed by atoms with van der Waals surface area (Å²) in [6, 6.07) is 7.58. The average Bonchev–Trinajstić information content (AvgIpc) is 3.40. The number of ether oxygens (including phenoxy) is 2. The van der Waals surface area contributed by atoms with Gasteiger partial charge in [-0.2, -0.15) is 9.97 Å². The van der Waals surface area contributed by atoms with Gasteiger partial charge in [-0.25, -0.2) is 14.2 Å². The maximum absolute atomic E-state index is 14.0. The number of nitrogens with zero attached hydrogens (tertiary/aromatic N) is 6. The molecule has 1 saturated heterocycles. The molecular formula is C22H18FN7O3. The van der Waals surface area contributed by atoms with Gasteiger partial charge >= 0.3 is 5.69 Å². The number of fused-ring (bicyclic) bond motifs is 2. The van der Waals surface area contributed by atoms with E-state index in [1.807, 2.05) is 0 Å². The van der Waals surface area contributed by atoms with Crippen molar-refractivity contribution in [2.24, 2.45) is 0 Å². The van der Waals surface area contributed by atoms with E-state index in [0.29, 0.717) is 54.0 Å². The molecule has 5 heterocycles. The molecule has 0 bridgehead atoms. The Kier molecular flexibility index (Phi) is 4.61. The highest BCUT2D eigenvalue weighted by Crippen LogP contribution is 2.30. The smallest absolute Gasteiger partial charge is 0.328 e. The SMILES string of the molecule is O=c1[nH]c2c(Oc3ccncc3)nc(-n3cnc4ccc(F)cc43)nc2n1C1CCOCC1. The third-order valence-electron chi connectivity index (χ3n) is 5.67. The van der Waals surface area contributed by atoms with E-state index in [2.05, 4.69) is 24.9 Å². The second kappa shape index (κ2) is 7.78. The molecule has 10 nitrogen and oxygen atoms in total. The van der Waals surface area contributed by atoms with Crippen molar-refractivity contribution in [2.75, 3.05) is 13.2 Å². The minimum Gasteiger partial charge on any atom is -0.437 e. The van der Waals surface area contributed by atoms with Gasteiger partial charge in [-0.3, -0.25) is 19.1 Å². The van der Waals surface area contributed by atoms with E-state index in [0.717, 1.165) is 0 Å². The molecule has 0 atom stereocenters. The van der Waals surface area contributed by atoms with Crippen LogP contribution >= 0.6 is 0 Å². The first kappa shape index (κ1) is 19.6. The van der Waals surface area contributed by atoms with E-state index in [4.69, 9.17) is 9.47 Å². The minimum absolute atomic E-state index is 0.0755. The van der Waals surface area contributed by atoms with E-state index >= 15 is 0 Å². The molecular weight excluding hydrogens is 429 g/mol. The number of hydrogen-bond acceptors (Lipinski definition) is 7. The topological polar surface area (TPSA) is 113 Å². The van der Waals surface area contributed by atoms with Gasteiger partial charge < -0.3 is 9.47 Å². The molecule has 0 saturated carbocycles. The lowest BCUT2D eigenvalue weighted by Crippen LogP contribution is -2.27. The van der Waals surface area contributed by atoms with Gasteiger partial charge in [-0.05, 0) is 37.1 Å².